The molecule has 0 aromatic carbocycles. The molecule has 0 N–H and O–H groups in total. The van der Waals surface area contributed by atoms with Crippen LogP contribution in [0, 0.1) is 6.92 Å². The maximum absolute atomic E-state index is 4.97. The van der Waals surface area contributed by atoms with Crippen molar-refractivity contribution in [2.24, 2.45) is 0 Å². The van der Waals surface area contributed by atoms with E-state index in [4.69, 9.17) is 4.74 Å². The van der Waals surface area contributed by atoms with Crippen LogP contribution in [0.1, 0.15) is 12.8 Å². The molecule has 0 aromatic rings. The van der Waals surface area contributed by atoms with E-state index < -0.39 is 0 Å². The molecule has 1 nitrogen and oxygen atoms in total. The molecule has 9 heavy (non-hydrogen) atoms. The van der Waals surface area contributed by atoms with Crippen LogP contribution in [0.15, 0.2) is 24.0 Å². The van der Waals surface area contributed by atoms with Crippen LogP contribution in [0.25, 0.3) is 0 Å². The Morgan fingerprint density at radius 2 is 2.56 bits per heavy atom. The van der Waals surface area contributed by atoms with E-state index >= 15 is 0 Å². The number of rotatable bonds is 2. The molecule has 0 bridgehead atoms. The van der Waals surface area contributed by atoms with Gasteiger partial charge in [-0.3, -0.25) is 0 Å². The highest BCUT2D eigenvalue weighted by Crippen LogP contribution is 2.09. The molecule has 1 aliphatic rings. The average Bonchev–Trinajstić information content (AvgIpc) is 1.91. The lowest BCUT2D eigenvalue weighted by Gasteiger charge is -2.05. The number of hydrogen-bond donors (Lipinski definition) is 0. The van der Waals surface area contributed by atoms with E-state index in [9.17, 15) is 0 Å². The van der Waals surface area contributed by atoms with E-state index in [1.54, 1.807) is 6.26 Å². The molecule has 1 aliphatic heterocycles. The van der Waals surface area contributed by atoms with Crippen molar-refractivity contribution in [2.45, 2.75) is 12.8 Å². The van der Waals surface area contributed by atoms with Crippen molar-refractivity contribution in [3.05, 3.63) is 30.9 Å². The van der Waals surface area contributed by atoms with Crippen molar-refractivity contribution in [1.29, 1.82) is 0 Å². The monoisotopic (exact) mass is 123 g/mol. The molecule has 0 unspecified atom stereocenters. The van der Waals surface area contributed by atoms with E-state index in [2.05, 4.69) is 13.0 Å². The molecular formula is C8H11O. The van der Waals surface area contributed by atoms with Crippen molar-refractivity contribution in [3.8, 4) is 0 Å². The Kier molecular flexibility index (Phi) is 2.37. The summed E-state index contributed by atoms with van der Waals surface area (Å²) in [6, 6.07) is 0. The highest BCUT2D eigenvalue weighted by molar-refractivity contribution is 5.19. The Balaban J connectivity index is 2.38. The van der Waals surface area contributed by atoms with Crippen LogP contribution in [0.5, 0.6) is 0 Å². The molecule has 1 rings (SSSR count). The molecule has 0 saturated heterocycles. The van der Waals surface area contributed by atoms with Gasteiger partial charge in [0.1, 0.15) is 6.61 Å². The van der Waals surface area contributed by atoms with E-state index in [1.807, 2.05) is 6.08 Å². The molecule has 1 heteroatoms. The van der Waals surface area contributed by atoms with Gasteiger partial charge in [-0.2, -0.15) is 0 Å². The highest BCUT2D eigenvalue weighted by Gasteiger charge is 1.93. The van der Waals surface area contributed by atoms with Crippen LogP contribution in [0.2, 0.25) is 0 Å². The van der Waals surface area contributed by atoms with Crippen LogP contribution in [-0.2, 0) is 4.74 Å². The highest BCUT2D eigenvalue weighted by atomic mass is 16.5. The van der Waals surface area contributed by atoms with Crippen molar-refractivity contribution in [3.63, 3.8) is 0 Å². The number of allylic oxidation sites excluding steroid dienone is 2. The van der Waals surface area contributed by atoms with Crippen molar-refractivity contribution in [1.82, 2.24) is 0 Å². The quantitative estimate of drug-likeness (QED) is 0.546. The maximum atomic E-state index is 4.97. The van der Waals surface area contributed by atoms with E-state index in [0.717, 1.165) is 19.4 Å². The number of ether oxygens (including phenoxy) is 1. The topological polar surface area (TPSA) is 9.23 Å². The summed E-state index contributed by atoms with van der Waals surface area (Å²) in [5.74, 6) is 0. The number of hydrogen-bond acceptors (Lipinski definition) is 1. The van der Waals surface area contributed by atoms with Gasteiger partial charge in [0.15, 0.2) is 0 Å². The standard InChI is InChI=1S/C8H11O/c1-2-3-8-4-6-9-7-5-8/h4-6H,1-3,7H2. The summed E-state index contributed by atoms with van der Waals surface area (Å²) in [5, 5.41) is 0. The van der Waals surface area contributed by atoms with Gasteiger partial charge in [0.05, 0.1) is 6.26 Å². The van der Waals surface area contributed by atoms with Gasteiger partial charge < -0.3 is 4.74 Å². The minimum absolute atomic E-state index is 0.728. The normalized spacial score (nSPS) is 16.8. The molecule has 1 heterocycles. The lowest BCUT2D eigenvalue weighted by atomic mass is 10.1. The molecule has 49 valence electrons. The summed E-state index contributed by atoms with van der Waals surface area (Å²) in [6.45, 7) is 4.49. The third kappa shape index (κ3) is 1.92. The molecule has 0 spiro atoms. The van der Waals surface area contributed by atoms with Gasteiger partial charge >= 0.3 is 0 Å². The minimum Gasteiger partial charge on any atom is -0.497 e. The van der Waals surface area contributed by atoms with Gasteiger partial charge in [-0.25, -0.2) is 0 Å². The summed E-state index contributed by atoms with van der Waals surface area (Å²) >= 11 is 0. The summed E-state index contributed by atoms with van der Waals surface area (Å²) in [7, 11) is 0. The zero-order chi connectivity index (χ0) is 6.53. The first kappa shape index (κ1) is 6.40. The SMILES string of the molecule is [CH2]CCC1=CCOC=C1. The molecule has 0 aromatic heterocycles. The summed E-state index contributed by atoms with van der Waals surface area (Å²) in [6.07, 6.45) is 7.86. The van der Waals surface area contributed by atoms with Crippen LogP contribution >= 0.6 is 0 Å². The second kappa shape index (κ2) is 3.33. The zero-order valence-corrected chi connectivity index (χ0v) is 5.47. The Hall–Kier alpha value is -0.720. The smallest absolute Gasteiger partial charge is 0.106 e. The molecule has 0 saturated carbocycles. The zero-order valence-electron chi connectivity index (χ0n) is 5.47. The molecule has 0 fully saturated rings. The van der Waals surface area contributed by atoms with Gasteiger partial charge in [-0.15, -0.1) is 0 Å². The Bertz CT molecular complexity index is 134. The van der Waals surface area contributed by atoms with Crippen molar-refractivity contribution in [2.75, 3.05) is 6.61 Å². The average molecular weight is 123 g/mol. The summed E-state index contributed by atoms with van der Waals surface area (Å²) in [4.78, 5) is 0. The van der Waals surface area contributed by atoms with Crippen LogP contribution in [0.3, 0.4) is 0 Å². The molecule has 0 aliphatic carbocycles. The molecule has 0 atom stereocenters. The van der Waals surface area contributed by atoms with Crippen LogP contribution in [-0.4, -0.2) is 6.61 Å². The Morgan fingerprint density at radius 3 is 3.11 bits per heavy atom. The van der Waals surface area contributed by atoms with E-state index in [0.29, 0.717) is 0 Å². The Morgan fingerprint density at radius 1 is 1.67 bits per heavy atom. The van der Waals surface area contributed by atoms with Gasteiger partial charge in [0, 0.05) is 0 Å². The predicted molar refractivity (Wildman–Crippen MR) is 37.8 cm³/mol. The van der Waals surface area contributed by atoms with E-state index in [1.165, 1.54) is 5.57 Å². The van der Waals surface area contributed by atoms with Crippen LogP contribution < -0.4 is 0 Å². The summed E-state index contributed by atoms with van der Waals surface area (Å²) in [5.41, 5.74) is 1.34. The van der Waals surface area contributed by atoms with Crippen molar-refractivity contribution >= 4 is 0 Å². The first-order valence-electron chi connectivity index (χ1n) is 3.20. The minimum atomic E-state index is 0.728. The van der Waals surface area contributed by atoms with Crippen LogP contribution in [0.4, 0.5) is 0 Å². The lowest BCUT2D eigenvalue weighted by molar-refractivity contribution is 0.283. The fourth-order valence-electron chi connectivity index (χ4n) is 0.804. The van der Waals surface area contributed by atoms with E-state index in [-0.39, 0.29) is 0 Å². The van der Waals surface area contributed by atoms with Gasteiger partial charge in [0.25, 0.3) is 0 Å². The van der Waals surface area contributed by atoms with Gasteiger partial charge in [-0.1, -0.05) is 6.92 Å². The predicted octanol–water partition coefficient (Wildman–Crippen LogP) is 2.07. The fourth-order valence-corrected chi connectivity index (χ4v) is 0.804. The molecular weight excluding hydrogens is 112 g/mol. The maximum Gasteiger partial charge on any atom is 0.106 e. The second-order valence-electron chi connectivity index (χ2n) is 2.02. The third-order valence-corrected chi connectivity index (χ3v) is 1.29. The van der Waals surface area contributed by atoms with Gasteiger partial charge in [-0.05, 0) is 30.6 Å². The fraction of sp³-hybridized carbons (Fsp3) is 0.375. The largest absolute Gasteiger partial charge is 0.497 e. The summed E-state index contributed by atoms with van der Waals surface area (Å²) < 4.78 is 4.97. The van der Waals surface area contributed by atoms with Gasteiger partial charge in [0.2, 0.25) is 0 Å². The lowest BCUT2D eigenvalue weighted by Crippen LogP contribution is -1.91. The Labute approximate surface area is 56.0 Å². The first-order chi connectivity index (χ1) is 4.43. The first-order valence-corrected chi connectivity index (χ1v) is 3.20. The molecule has 1 radical (unpaired) electrons. The third-order valence-electron chi connectivity index (χ3n) is 1.29. The van der Waals surface area contributed by atoms with Crippen molar-refractivity contribution < 1.29 is 4.74 Å². The second-order valence-corrected chi connectivity index (χ2v) is 2.02. The molecule has 0 amide bonds.